The number of fused-ring (bicyclic) bond motifs is 2. The quantitative estimate of drug-likeness (QED) is 0.865. The summed E-state index contributed by atoms with van der Waals surface area (Å²) >= 11 is 0. The molecule has 3 aliphatic carbocycles. The predicted molar refractivity (Wildman–Crippen MR) is 70.3 cm³/mol. The second kappa shape index (κ2) is 3.59. The van der Waals surface area contributed by atoms with Crippen LogP contribution in [0.15, 0.2) is 24.3 Å². The van der Waals surface area contributed by atoms with E-state index in [0.29, 0.717) is 23.2 Å². The summed E-state index contributed by atoms with van der Waals surface area (Å²) in [7, 11) is 0. The third-order valence-corrected chi connectivity index (χ3v) is 5.10. The zero-order chi connectivity index (χ0) is 12.2. The Morgan fingerprint density at radius 3 is 3.00 bits per heavy atom. The Morgan fingerprint density at radius 1 is 1.33 bits per heavy atom. The normalized spacial score (nSPS) is 32.3. The summed E-state index contributed by atoms with van der Waals surface area (Å²) in [5, 5.41) is 3.15. The molecule has 18 heavy (non-hydrogen) atoms. The molecule has 0 saturated heterocycles. The molecular formula is C16H19NO. The third kappa shape index (κ3) is 1.51. The fourth-order valence-corrected chi connectivity index (χ4v) is 3.71. The van der Waals surface area contributed by atoms with E-state index in [4.69, 9.17) is 0 Å². The van der Waals surface area contributed by atoms with Gasteiger partial charge in [-0.05, 0) is 49.1 Å². The van der Waals surface area contributed by atoms with Crippen LogP contribution in [0.3, 0.4) is 0 Å². The van der Waals surface area contributed by atoms with E-state index in [0.717, 1.165) is 19.4 Å². The lowest BCUT2D eigenvalue weighted by atomic mass is 9.95. The molecular weight excluding hydrogens is 222 g/mol. The minimum atomic E-state index is 0.295. The molecule has 4 rings (SSSR count). The van der Waals surface area contributed by atoms with Crippen molar-refractivity contribution in [3.63, 3.8) is 0 Å². The van der Waals surface area contributed by atoms with Gasteiger partial charge in [0.2, 0.25) is 5.91 Å². The molecule has 1 spiro atoms. The molecule has 3 aliphatic rings. The van der Waals surface area contributed by atoms with Crippen molar-refractivity contribution >= 4 is 5.91 Å². The first-order chi connectivity index (χ1) is 8.79. The number of carbonyl (C=O) groups is 1. The molecule has 1 aromatic rings. The Kier molecular flexibility index (Phi) is 2.12. The molecule has 1 aromatic carbocycles. The van der Waals surface area contributed by atoms with Crippen LogP contribution in [-0.4, -0.2) is 12.5 Å². The number of nitrogens with one attached hydrogen (secondary N) is 1. The van der Waals surface area contributed by atoms with Crippen molar-refractivity contribution in [2.75, 3.05) is 6.54 Å². The highest BCUT2D eigenvalue weighted by Gasteiger charge is 2.57. The van der Waals surface area contributed by atoms with Gasteiger partial charge in [-0.15, -0.1) is 0 Å². The van der Waals surface area contributed by atoms with Crippen LogP contribution in [-0.2, 0) is 16.6 Å². The summed E-state index contributed by atoms with van der Waals surface area (Å²) in [6.07, 6.45) is 5.99. The maximum atomic E-state index is 11.7. The lowest BCUT2D eigenvalue weighted by molar-refractivity contribution is -0.122. The molecule has 0 heterocycles. The van der Waals surface area contributed by atoms with Crippen LogP contribution < -0.4 is 5.32 Å². The molecule has 0 bridgehead atoms. The summed E-state index contributed by atoms with van der Waals surface area (Å²) in [6, 6.07) is 8.86. The molecule has 0 unspecified atom stereocenters. The molecule has 1 N–H and O–H groups in total. The zero-order valence-corrected chi connectivity index (χ0v) is 10.6. The maximum absolute atomic E-state index is 11.7. The minimum Gasteiger partial charge on any atom is -0.356 e. The second-order valence-electron chi connectivity index (χ2n) is 6.23. The van der Waals surface area contributed by atoms with Crippen molar-refractivity contribution in [2.24, 2.45) is 11.8 Å². The zero-order valence-electron chi connectivity index (χ0n) is 10.6. The maximum Gasteiger partial charge on any atom is 0.223 e. The highest BCUT2D eigenvalue weighted by molar-refractivity contribution is 5.80. The van der Waals surface area contributed by atoms with Crippen molar-refractivity contribution < 1.29 is 4.79 Å². The fraction of sp³-hybridized carbons (Fsp3) is 0.562. The summed E-state index contributed by atoms with van der Waals surface area (Å²) in [4.78, 5) is 11.7. The van der Waals surface area contributed by atoms with Gasteiger partial charge in [-0.25, -0.2) is 0 Å². The summed E-state index contributed by atoms with van der Waals surface area (Å²) in [6.45, 7) is 0.893. The van der Waals surface area contributed by atoms with Crippen LogP contribution >= 0.6 is 0 Å². The van der Waals surface area contributed by atoms with Crippen LogP contribution in [0.4, 0.5) is 0 Å². The van der Waals surface area contributed by atoms with Crippen molar-refractivity contribution in [1.82, 2.24) is 5.32 Å². The Labute approximate surface area is 108 Å². The SMILES string of the molecule is O=C(NC[C@@H]1C[C@@]12CCc1ccccc12)C1CC1. The van der Waals surface area contributed by atoms with E-state index >= 15 is 0 Å². The first-order valence-electron chi connectivity index (χ1n) is 7.16. The largest absolute Gasteiger partial charge is 0.356 e. The van der Waals surface area contributed by atoms with E-state index in [-0.39, 0.29) is 0 Å². The number of hydrogen-bond donors (Lipinski definition) is 1. The molecule has 94 valence electrons. The predicted octanol–water partition coefficient (Wildman–Crippen LogP) is 2.42. The first-order valence-corrected chi connectivity index (χ1v) is 7.16. The first kappa shape index (κ1) is 10.6. The van der Waals surface area contributed by atoms with Gasteiger partial charge in [0, 0.05) is 17.9 Å². The molecule has 0 aromatic heterocycles. The smallest absolute Gasteiger partial charge is 0.223 e. The Hall–Kier alpha value is -1.31. The summed E-state index contributed by atoms with van der Waals surface area (Å²) < 4.78 is 0. The monoisotopic (exact) mass is 241 g/mol. The molecule has 2 saturated carbocycles. The van der Waals surface area contributed by atoms with Crippen LogP contribution in [0.5, 0.6) is 0 Å². The highest BCUT2D eigenvalue weighted by atomic mass is 16.2. The van der Waals surface area contributed by atoms with Crippen molar-refractivity contribution in [1.29, 1.82) is 0 Å². The van der Waals surface area contributed by atoms with Crippen LogP contribution in [0.1, 0.15) is 36.8 Å². The van der Waals surface area contributed by atoms with E-state index < -0.39 is 0 Å². The molecule has 2 atom stereocenters. The minimum absolute atomic E-state index is 0.295. The molecule has 0 radical (unpaired) electrons. The Morgan fingerprint density at radius 2 is 2.17 bits per heavy atom. The third-order valence-electron chi connectivity index (χ3n) is 5.10. The van der Waals surface area contributed by atoms with Gasteiger partial charge >= 0.3 is 0 Å². The number of amides is 1. The van der Waals surface area contributed by atoms with Gasteiger partial charge in [0.1, 0.15) is 0 Å². The lowest BCUT2D eigenvalue weighted by Crippen LogP contribution is -2.28. The number of carbonyl (C=O) groups excluding carboxylic acids is 1. The van der Waals surface area contributed by atoms with Gasteiger partial charge in [-0.1, -0.05) is 24.3 Å². The standard InChI is InChI=1S/C16H19NO/c18-15(12-5-6-12)17-10-13-9-16(13)8-7-11-3-1-2-4-14(11)16/h1-4,12-13H,5-10H2,(H,17,18)/t13-,16-/m0/s1. The summed E-state index contributed by atoms with van der Waals surface area (Å²) in [5.41, 5.74) is 3.53. The number of aryl methyl sites for hydroxylation is 1. The van der Waals surface area contributed by atoms with E-state index in [1.807, 2.05) is 0 Å². The molecule has 2 fully saturated rings. The summed E-state index contributed by atoms with van der Waals surface area (Å²) in [5.74, 6) is 1.32. The molecule has 1 amide bonds. The van der Waals surface area contributed by atoms with Crippen molar-refractivity contribution in [3.05, 3.63) is 35.4 Å². The van der Waals surface area contributed by atoms with Gasteiger partial charge in [0.15, 0.2) is 0 Å². The fourth-order valence-electron chi connectivity index (χ4n) is 3.71. The Balaban J connectivity index is 1.44. The van der Waals surface area contributed by atoms with Crippen LogP contribution in [0, 0.1) is 11.8 Å². The van der Waals surface area contributed by atoms with Crippen molar-refractivity contribution in [2.45, 2.75) is 37.5 Å². The van der Waals surface area contributed by atoms with Gasteiger partial charge in [-0.3, -0.25) is 4.79 Å². The Bertz CT molecular complexity index is 506. The van der Waals surface area contributed by atoms with Gasteiger partial charge < -0.3 is 5.32 Å². The van der Waals surface area contributed by atoms with E-state index in [9.17, 15) is 4.79 Å². The highest BCUT2D eigenvalue weighted by Crippen LogP contribution is 2.61. The van der Waals surface area contributed by atoms with E-state index in [1.165, 1.54) is 24.8 Å². The van der Waals surface area contributed by atoms with E-state index in [1.54, 1.807) is 5.56 Å². The number of rotatable bonds is 3. The average molecular weight is 241 g/mol. The van der Waals surface area contributed by atoms with Gasteiger partial charge in [-0.2, -0.15) is 0 Å². The molecule has 2 nitrogen and oxygen atoms in total. The average Bonchev–Trinajstić information content (AvgIpc) is 3.28. The second-order valence-corrected chi connectivity index (χ2v) is 6.23. The molecule has 0 aliphatic heterocycles. The topological polar surface area (TPSA) is 29.1 Å². The van der Waals surface area contributed by atoms with Gasteiger partial charge in [0.25, 0.3) is 0 Å². The van der Waals surface area contributed by atoms with Crippen LogP contribution in [0.25, 0.3) is 0 Å². The number of benzene rings is 1. The van der Waals surface area contributed by atoms with Crippen molar-refractivity contribution in [3.8, 4) is 0 Å². The van der Waals surface area contributed by atoms with Gasteiger partial charge in [0.05, 0.1) is 0 Å². The number of hydrogen-bond acceptors (Lipinski definition) is 1. The molecule has 2 heteroatoms. The lowest BCUT2D eigenvalue weighted by Gasteiger charge is -2.12. The van der Waals surface area contributed by atoms with Crippen LogP contribution in [0.2, 0.25) is 0 Å². The van der Waals surface area contributed by atoms with E-state index in [2.05, 4.69) is 29.6 Å².